The van der Waals surface area contributed by atoms with Crippen LogP contribution in [-0.2, 0) is 11.3 Å². The number of rotatable bonds is 6. The Morgan fingerprint density at radius 3 is 2.91 bits per heavy atom. The highest BCUT2D eigenvalue weighted by Gasteiger charge is 2.15. The molecule has 0 fully saturated rings. The first-order valence-corrected chi connectivity index (χ1v) is 7.65. The fraction of sp³-hybridized carbons (Fsp3) is 0.400. The van der Waals surface area contributed by atoms with Crippen LogP contribution in [0.25, 0.3) is 0 Å². The number of benzene rings is 1. The Labute approximate surface area is 138 Å². The molecule has 1 aromatic heterocycles. The average Bonchev–Trinajstić information content (AvgIpc) is 2.86. The number of aromatic nitrogens is 3. The summed E-state index contributed by atoms with van der Waals surface area (Å²) >= 11 is 5.13. The number of aromatic amines is 1. The van der Waals surface area contributed by atoms with Crippen LogP contribution in [0.15, 0.2) is 24.3 Å². The summed E-state index contributed by atoms with van der Waals surface area (Å²) in [7, 11) is 0. The predicted molar refractivity (Wildman–Crippen MR) is 85.6 cm³/mol. The van der Waals surface area contributed by atoms with Gasteiger partial charge in [0.25, 0.3) is 0 Å². The number of nitrogens with one attached hydrogen (secondary N) is 2. The van der Waals surface area contributed by atoms with Crippen molar-refractivity contribution < 1.29 is 14.3 Å². The summed E-state index contributed by atoms with van der Waals surface area (Å²) in [5, 5.41) is 19.4. The zero-order valence-electron chi connectivity index (χ0n) is 12.9. The zero-order chi connectivity index (χ0) is 17.0. The molecule has 8 heteroatoms. The number of H-pyrrole nitrogens is 1. The zero-order valence-corrected chi connectivity index (χ0v) is 13.7. The van der Waals surface area contributed by atoms with E-state index in [-0.39, 0.29) is 24.9 Å². The minimum atomic E-state index is -1.06. The summed E-state index contributed by atoms with van der Waals surface area (Å²) in [4.78, 5) is 11.9. The van der Waals surface area contributed by atoms with Crippen LogP contribution >= 0.6 is 12.2 Å². The van der Waals surface area contributed by atoms with Crippen LogP contribution in [-0.4, -0.2) is 25.8 Å². The van der Waals surface area contributed by atoms with E-state index in [0.717, 1.165) is 0 Å². The van der Waals surface area contributed by atoms with Gasteiger partial charge in [0.15, 0.2) is 10.6 Å². The van der Waals surface area contributed by atoms with E-state index in [1.54, 1.807) is 10.6 Å². The first-order chi connectivity index (χ1) is 10.9. The van der Waals surface area contributed by atoms with Crippen LogP contribution < -0.4 is 5.32 Å². The van der Waals surface area contributed by atoms with Crippen molar-refractivity contribution in [2.75, 3.05) is 0 Å². The Morgan fingerprint density at radius 1 is 1.52 bits per heavy atom. The van der Waals surface area contributed by atoms with Crippen molar-refractivity contribution in [3.05, 3.63) is 46.2 Å². The Kier molecular flexibility index (Phi) is 5.62. The van der Waals surface area contributed by atoms with Gasteiger partial charge in [0.2, 0.25) is 5.91 Å². The largest absolute Gasteiger partial charge is 0.388 e. The fourth-order valence-corrected chi connectivity index (χ4v) is 2.61. The molecule has 1 amide bonds. The standard InChI is InChI=1S/C15H19FN4O2S/c1-9(2)20-13(18-19-15(20)23)8-17-14(22)7-12(21)10-4-3-5-11(16)6-10/h3-6,9,12,21H,7-8H2,1-2H3,(H,17,22)(H,19,23)/t12-/m0/s1. The summed E-state index contributed by atoms with van der Waals surface area (Å²) in [6.45, 7) is 4.12. The van der Waals surface area contributed by atoms with Crippen molar-refractivity contribution in [3.8, 4) is 0 Å². The lowest BCUT2D eigenvalue weighted by molar-refractivity contribution is -0.123. The van der Waals surface area contributed by atoms with E-state index in [2.05, 4.69) is 15.5 Å². The molecule has 0 spiro atoms. The molecule has 0 bridgehead atoms. The third-order valence-corrected chi connectivity index (χ3v) is 3.64. The SMILES string of the molecule is CC(C)n1c(CNC(=O)C[C@H](O)c2cccc(F)c2)n[nH]c1=S. The molecule has 1 heterocycles. The summed E-state index contributed by atoms with van der Waals surface area (Å²) in [6.07, 6.45) is -1.22. The maximum Gasteiger partial charge on any atom is 0.223 e. The van der Waals surface area contributed by atoms with Gasteiger partial charge in [-0.15, -0.1) is 0 Å². The number of carbonyl (C=O) groups is 1. The number of nitrogens with zero attached hydrogens (tertiary/aromatic N) is 2. The van der Waals surface area contributed by atoms with Crippen LogP contribution in [0.4, 0.5) is 4.39 Å². The van der Waals surface area contributed by atoms with Crippen molar-refractivity contribution in [3.63, 3.8) is 0 Å². The van der Waals surface area contributed by atoms with Gasteiger partial charge in [-0.3, -0.25) is 9.89 Å². The minimum Gasteiger partial charge on any atom is -0.388 e. The number of hydrogen-bond acceptors (Lipinski definition) is 4. The Morgan fingerprint density at radius 2 is 2.26 bits per heavy atom. The van der Waals surface area contributed by atoms with Gasteiger partial charge in [0.1, 0.15) is 5.82 Å². The van der Waals surface area contributed by atoms with Crippen molar-refractivity contribution in [2.24, 2.45) is 0 Å². The molecular formula is C15H19FN4O2S. The second-order valence-corrected chi connectivity index (χ2v) is 5.85. The molecule has 1 atom stereocenters. The normalized spacial score (nSPS) is 12.4. The van der Waals surface area contributed by atoms with Gasteiger partial charge >= 0.3 is 0 Å². The molecular weight excluding hydrogens is 319 g/mol. The second kappa shape index (κ2) is 7.47. The molecule has 0 aliphatic rings. The quantitative estimate of drug-likeness (QED) is 0.706. The van der Waals surface area contributed by atoms with Gasteiger partial charge in [0.05, 0.1) is 19.1 Å². The first kappa shape index (κ1) is 17.3. The van der Waals surface area contributed by atoms with Gasteiger partial charge in [-0.25, -0.2) is 4.39 Å². The molecule has 0 unspecified atom stereocenters. The number of halogens is 1. The van der Waals surface area contributed by atoms with Crippen molar-refractivity contribution >= 4 is 18.1 Å². The summed E-state index contributed by atoms with van der Waals surface area (Å²) in [5.41, 5.74) is 0.366. The second-order valence-electron chi connectivity index (χ2n) is 5.46. The maximum absolute atomic E-state index is 13.1. The lowest BCUT2D eigenvalue weighted by atomic mass is 10.1. The van der Waals surface area contributed by atoms with Gasteiger partial charge in [-0.2, -0.15) is 5.10 Å². The number of hydrogen-bond donors (Lipinski definition) is 3. The number of aliphatic hydroxyl groups excluding tert-OH is 1. The molecule has 124 valence electrons. The molecule has 2 rings (SSSR count). The highest BCUT2D eigenvalue weighted by atomic mass is 32.1. The maximum atomic E-state index is 13.1. The molecule has 3 N–H and O–H groups in total. The Hall–Kier alpha value is -2.06. The summed E-state index contributed by atoms with van der Waals surface area (Å²) in [5.74, 6) is -0.195. The minimum absolute atomic E-state index is 0.117. The average molecular weight is 338 g/mol. The van der Waals surface area contributed by atoms with E-state index in [4.69, 9.17) is 12.2 Å². The van der Waals surface area contributed by atoms with Crippen molar-refractivity contribution in [1.29, 1.82) is 0 Å². The number of carbonyl (C=O) groups excluding carboxylic acids is 1. The predicted octanol–water partition coefficient (Wildman–Crippen LogP) is 2.40. The molecule has 2 aromatic rings. The molecule has 1 aromatic carbocycles. The van der Waals surface area contributed by atoms with Gasteiger partial charge in [-0.05, 0) is 43.8 Å². The van der Waals surface area contributed by atoms with Crippen LogP contribution in [0.1, 0.15) is 43.8 Å². The highest BCUT2D eigenvalue weighted by Crippen LogP contribution is 2.17. The fourth-order valence-electron chi connectivity index (χ4n) is 2.25. The topological polar surface area (TPSA) is 82.9 Å². The number of aliphatic hydroxyl groups is 1. The van der Waals surface area contributed by atoms with Crippen LogP contribution in [0.2, 0.25) is 0 Å². The number of amides is 1. The third kappa shape index (κ3) is 4.46. The van der Waals surface area contributed by atoms with E-state index >= 15 is 0 Å². The van der Waals surface area contributed by atoms with Crippen LogP contribution in [0, 0.1) is 10.6 Å². The molecule has 0 radical (unpaired) electrons. The molecule has 6 nitrogen and oxygen atoms in total. The van der Waals surface area contributed by atoms with Gasteiger partial charge in [-0.1, -0.05) is 12.1 Å². The third-order valence-electron chi connectivity index (χ3n) is 3.35. The monoisotopic (exact) mass is 338 g/mol. The smallest absolute Gasteiger partial charge is 0.223 e. The van der Waals surface area contributed by atoms with E-state index < -0.39 is 11.9 Å². The van der Waals surface area contributed by atoms with Crippen molar-refractivity contribution in [2.45, 2.75) is 39.0 Å². The summed E-state index contributed by atoms with van der Waals surface area (Å²) < 4.78 is 15.4. The van der Waals surface area contributed by atoms with Gasteiger partial charge in [0, 0.05) is 6.04 Å². The van der Waals surface area contributed by atoms with E-state index in [1.807, 2.05) is 13.8 Å². The van der Waals surface area contributed by atoms with E-state index in [0.29, 0.717) is 16.2 Å². The van der Waals surface area contributed by atoms with E-state index in [9.17, 15) is 14.3 Å². The molecule has 0 aliphatic carbocycles. The first-order valence-electron chi connectivity index (χ1n) is 7.24. The molecule has 0 saturated heterocycles. The molecule has 23 heavy (non-hydrogen) atoms. The van der Waals surface area contributed by atoms with Gasteiger partial charge < -0.3 is 15.0 Å². The molecule has 0 aliphatic heterocycles. The Bertz CT molecular complexity index is 741. The van der Waals surface area contributed by atoms with Crippen LogP contribution in [0.5, 0.6) is 0 Å². The lowest BCUT2D eigenvalue weighted by Gasteiger charge is -2.13. The van der Waals surface area contributed by atoms with Crippen molar-refractivity contribution in [1.82, 2.24) is 20.1 Å². The Balaban J connectivity index is 1.94. The summed E-state index contributed by atoms with van der Waals surface area (Å²) in [6, 6.07) is 5.68. The van der Waals surface area contributed by atoms with E-state index in [1.165, 1.54) is 18.2 Å². The van der Waals surface area contributed by atoms with Crippen LogP contribution in [0.3, 0.4) is 0 Å². The lowest BCUT2D eigenvalue weighted by Crippen LogP contribution is -2.26. The highest BCUT2D eigenvalue weighted by molar-refractivity contribution is 7.71. The molecule has 0 saturated carbocycles.